The molecule has 0 radical (unpaired) electrons. The number of phenols is 2. The zero-order chi connectivity index (χ0) is 14.0. The highest BCUT2D eigenvalue weighted by Gasteiger charge is 2.16. The lowest BCUT2D eigenvalue weighted by Crippen LogP contribution is -1.94. The van der Waals surface area contributed by atoms with Gasteiger partial charge in [0, 0.05) is 11.1 Å². The summed E-state index contributed by atoms with van der Waals surface area (Å²) in [6.45, 7) is 1.92. The number of hydrogen-bond acceptors (Lipinski definition) is 4. The molecule has 0 aliphatic heterocycles. The number of benzene rings is 2. The number of rotatable bonds is 3. The van der Waals surface area contributed by atoms with E-state index in [1.54, 1.807) is 7.11 Å². The summed E-state index contributed by atoms with van der Waals surface area (Å²) in [7, 11) is 3.10. The van der Waals surface area contributed by atoms with Crippen LogP contribution in [0.5, 0.6) is 23.0 Å². The zero-order valence-electron chi connectivity index (χ0n) is 11.1. The van der Waals surface area contributed by atoms with Crippen LogP contribution in [0.25, 0.3) is 11.1 Å². The van der Waals surface area contributed by atoms with E-state index >= 15 is 0 Å². The van der Waals surface area contributed by atoms with Gasteiger partial charge in [-0.05, 0) is 42.8 Å². The van der Waals surface area contributed by atoms with Gasteiger partial charge in [0.05, 0.1) is 14.2 Å². The Morgan fingerprint density at radius 2 is 1.63 bits per heavy atom. The van der Waals surface area contributed by atoms with Gasteiger partial charge in [0.2, 0.25) is 0 Å². The molecule has 0 bridgehead atoms. The van der Waals surface area contributed by atoms with Crippen LogP contribution in [-0.4, -0.2) is 24.4 Å². The van der Waals surface area contributed by atoms with Crippen LogP contribution in [0.3, 0.4) is 0 Å². The van der Waals surface area contributed by atoms with Gasteiger partial charge in [-0.2, -0.15) is 0 Å². The van der Waals surface area contributed by atoms with E-state index in [9.17, 15) is 10.2 Å². The van der Waals surface area contributed by atoms with E-state index in [1.165, 1.54) is 25.3 Å². The summed E-state index contributed by atoms with van der Waals surface area (Å²) in [6, 6.07) is 8.08. The van der Waals surface area contributed by atoms with Crippen molar-refractivity contribution >= 4 is 0 Å². The van der Waals surface area contributed by atoms with Crippen LogP contribution < -0.4 is 9.47 Å². The zero-order valence-corrected chi connectivity index (χ0v) is 11.1. The van der Waals surface area contributed by atoms with Crippen molar-refractivity contribution in [3.8, 4) is 34.1 Å². The van der Waals surface area contributed by atoms with Crippen LogP contribution in [0, 0.1) is 6.92 Å². The van der Waals surface area contributed by atoms with Crippen molar-refractivity contribution in [1.82, 2.24) is 0 Å². The molecule has 0 spiro atoms. The quantitative estimate of drug-likeness (QED) is 0.833. The lowest BCUT2D eigenvalue weighted by Gasteiger charge is -2.15. The number of methoxy groups -OCH3 is 2. The summed E-state index contributed by atoms with van der Waals surface area (Å²) in [5.74, 6) is 1.26. The summed E-state index contributed by atoms with van der Waals surface area (Å²) in [5.41, 5.74) is 2.14. The Bertz CT molecular complexity index is 605. The van der Waals surface area contributed by atoms with Crippen molar-refractivity contribution in [1.29, 1.82) is 0 Å². The second-order valence-electron chi connectivity index (χ2n) is 4.25. The van der Waals surface area contributed by atoms with Crippen molar-refractivity contribution in [2.24, 2.45) is 0 Å². The molecule has 2 N–H and O–H groups in total. The van der Waals surface area contributed by atoms with Crippen LogP contribution in [0.15, 0.2) is 30.3 Å². The average Bonchev–Trinajstić information content (AvgIpc) is 2.40. The number of hydrogen-bond donors (Lipinski definition) is 2. The fourth-order valence-corrected chi connectivity index (χ4v) is 2.04. The first-order chi connectivity index (χ1) is 9.06. The molecule has 0 atom stereocenters. The fourth-order valence-electron chi connectivity index (χ4n) is 2.04. The highest BCUT2D eigenvalue weighted by atomic mass is 16.5. The fraction of sp³-hybridized carbons (Fsp3) is 0.200. The number of aromatic hydroxyl groups is 2. The standard InChI is InChI=1S/C15H16O4/c1-9-6-12(15(19-3)14(7-9)18-2)11-8-10(16)4-5-13(11)17/h4-8,16-17H,1-3H3. The summed E-state index contributed by atoms with van der Waals surface area (Å²) in [5, 5.41) is 19.5. The molecule has 0 aromatic heterocycles. The monoisotopic (exact) mass is 260 g/mol. The van der Waals surface area contributed by atoms with Crippen LogP contribution in [0.4, 0.5) is 0 Å². The molecule has 2 aromatic rings. The molecule has 0 amide bonds. The van der Waals surface area contributed by atoms with Gasteiger partial charge in [0.25, 0.3) is 0 Å². The predicted molar refractivity (Wildman–Crippen MR) is 73.0 cm³/mol. The molecule has 4 heteroatoms. The Morgan fingerprint density at radius 1 is 0.895 bits per heavy atom. The topological polar surface area (TPSA) is 58.9 Å². The van der Waals surface area contributed by atoms with E-state index < -0.39 is 0 Å². The maximum atomic E-state index is 9.96. The molecule has 0 saturated heterocycles. The second kappa shape index (κ2) is 5.10. The Hall–Kier alpha value is -2.36. The van der Waals surface area contributed by atoms with E-state index in [0.717, 1.165) is 5.56 Å². The molecular weight excluding hydrogens is 244 g/mol. The van der Waals surface area contributed by atoms with Crippen molar-refractivity contribution in [2.75, 3.05) is 14.2 Å². The summed E-state index contributed by atoms with van der Waals surface area (Å²) < 4.78 is 10.6. The van der Waals surface area contributed by atoms with Crippen molar-refractivity contribution in [3.05, 3.63) is 35.9 Å². The van der Waals surface area contributed by atoms with Gasteiger partial charge >= 0.3 is 0 Å². The first-order valence-electron chi connectivity index (χ1n) is 5.81. The Kier molecular flexibility index (Phi) is 3.51. The maximum absolute atomic E-state index is 9.96. The van der Waals surface area contributed by atoms with Gasteiger partial charge in [0.15, 0.2) is 11.5 Å². The second-order valence-corrected chi connectivity index (χ2v) is 4.25. The number of phenolic OH excluding ortho intramolecular Hbond substituents is 2. The van der Waals surface area contributed by atoms with Crippen LogP contribution in [-0.2, 0) is 0 Å². The van der Waals surface area contributed by atoms with Gasteiger partial charge < -0.3 is 19.7 Å². The first kappa shape index (κ1) is 13.1. The van der Waals surface area contributed by atoms with Gasteiger partial charge in [-0.1, -0.05) is 0 Å². The third-order valence-electron chi connectivity index (χ3n) is 2.89. The van der Waals surface area contributed by atoms with Crippen LogP contribution >= 0.6 is 0 Å². The molecule has 2 rings (SSSR count). The average molecular weight is 260 g/mol. The van der Waals surface area contributed by atoms with E-state index in [1.807, 2.05) is 19.1 Å². The summed E-state index contributed by atoms with van der Waals surface area (Å²) in [6.07, 6.45) is 0. The molecule has 0 unspecified atom stereocenters. The van der Waals surface area contributed by atoms with Gasteiger partial charge in [-0.3, -0.25) is 0 Å². The Balaban J connectivity index is 2.73. The Morgan fingerprint density at radius 3 is 2.26 bits per heavy atom. The molecule has 0 saturated carbocycles. The molecule has 0 aliphatic rings. The lowest BCUT2D eigenvalue weighted by molar-refractivity contribution is 0.355. The number of aryl methyl sites for hydroxylation is 1. The molecule has 0 heterocycles. The van der Waals surface area contributed by atoms with Gasteiger partial charge in [-0.25, -0.2) is 0 Å². The van der Waals surface area contributed by atoms with Crippen molar-refractivity contribution < 1.29 is 19.7 Å². The van der Waals surface area contributed by atoms with Crippen LogP contribution in [0.2, 0.25) is 0 Å². The molecule has 0 aliphatic carbocycles. The smallest absolute Gasteiger partial charge is 0.168 e. The molecule has 2 aromatic carbocycles. The summed E-state index contributed by atoms with van der Waals surface area (Å²) >= 11 is 0. The third-order valence-corrected chi connectivity index (χ3v) is 2.89. The highest BCUT2D eigenvalue weighted by molar-refractivity contribution is 5.79. The van der Waals surface area contributed by atoms with E-state index in [4.69, 9.17) is 9.47 Å². The third kappa shape index (κ3) is 2.42. The predicted octanol–water partition coefficient (Wildman–Crippen LogP) is 3.09. The molecule has 4 nitrogen and oxygen atoms in total. The molecule has 100 valence electrons. The minimum absolute atomic E-state index is 0.0729. The Labute approximate surface area is 111 Å². The molecule has 19 heavy (non-hydrogen) atoms. The molecule has 0 fully saturated rings. The highest BCUT2D eigenvalue weighted by Crippen LogP contribution is 2.43. The van der Waals surface area contributed by atoms with Crippen molar-refractivity contribution in [2.45, 2.75) is 6.92 Å². The van der Waals surface area contributed by atoms with E-state index in [-0.39, 0.29) is 11.5 Å². The largest absolute Gasteiger partial charge is 0.508 e. The van der Waals surface area contributed by atoms with E-state index in [0.29, 0.717) is 22.6 Å². The number of ether oxygens (including phenoxy) is 2. The maximum Gasteiger partial charge on any atom is 0.168 e. The first-order valence-corrected chi connectivity index (χ1v) is 5.81. The lowest BCUT2D eigenvalue weighted by atomic mass is 10.0. The normalized spacial score (nSPS) is 10.3. The van der Waals surface area contributed by atoms with Gasteiger partial charge in [0.1, 0.15) is 11.5 Å². The van der Waals surface area contributed by atoms with Gasteiger partial charge in [-0.15, -0.1) is 0 Å². The van der Waals surface area contributed by atoms with Crippen molar-refractivity contribution in [3.63, 3.8) is 0 Å². The van der Waals surface area contributed by atoms with Crippen LogP contribution in [0.1, 0.15) is 5.56 Å². The molecular formula is C15H16O4. The SMILES string of the molecule is COc1cc(C)cc(-c2cc(O)ccc2O)c1OC. The van der Waals surface area contributed by atoms with E-state index in [2.05, 4.69) is 0 Å². The minimum atomic E-state index is 0.0729. The summed E-state index contributed by atoms with van der Waals surface area (Å²) in [4.78, 5) is 0. The minimum Gasteiger partial charge on any atom is -0.508 e.